The fourth-order valence-corrected chi connectivity index (χ4v) is 3.02. The van der Waals surface area contributed by atoms with Gasteiger partial charge in [0.05, 0.1) is 0 Å². The summed E-state index contributed by atoms with van der Waals surface area (Å²) in [7, 11) is 0. The fraction of sp³-hybridized carbons (Fsp3) is 0.444. The second-order valence-electron chi connectivity index (χ2n) is 6.17. The van der Waals surface area contributed by atoms with Crippen molar-refractivity contribution in [3.63, 3.8) is 0 Å². The summed E-state index contributed by atoms with van der Waals surface area (Å²) >= 11 is 0. The van der Waals surface area contributed by atoms with Gasteiger partial charge >= 0.3 is 0 Å². The summed E-state index contributed by atoms with van der Waals surface area (Å²) < 4.78 is 0. The molecule has 1 radical (unpaired) electrons. The molecule has 1 fully saturated rings. The smallest absolute Gasteiger partial charge is 0.132 e. The Morgan fingerprint density at radius 1 is 0.958 bits per heavy atom. The van der Waals surface area contributed by atoms with Crippen LogP contribution in [0.3, 0.4) is 0 Å². The molecule has 125 valence electrons. The van der Waals surface area contributed by atoms with Gasteiger partial charge in [-0.05, 0) is 19.4 Å². The predicted molar refractivity (Wildman–Crippen MR) is 93.5 cm³/mol. The van der Waals surface area contributed by atoms with Gasteiger partial charge in [-0.2, -0.15) is 0 Å². The number of aromatic nitrogens is 2. The Hall–Kier alpha value is -0.538. The minimum Gasteiger partial charge on any atom is -0.674 e. The van der Waals surface area contributed by atoms with Crippen LogP contribution in [-0.4, -0.2) is 41.0 Å². The molecular weight excluding hydrogens is 513 g/mol. The Bertz CT molecular complexity index is 631. The van der Waals surface area contributed by atoms with Crippen molar-refractivity contribution in [3.05, 3.63) is 58.7 Å². The van der Waals surface area contributed by atoms with Gasteiger partial charge in [0.2, 0.25) is 0 Å². The molecule has 1 aliphatic rings. The van der Waals surface area contributed by atoms with E-state index in [1.807, 2.05) is 13.8 Å². The van der Waals surface area contributed by atoms with Crippen LogP contribution in [0.5, 0.6) is 0 Å². The average molecular weight is 537 g/mol. The van der Waals surface area contributed by atoms with E-state index in [0.717, 1.165) is 55.6 Å². The molecule has 1 aliphatic heterocycles. The minimum atomic E-state index is 0. The third-order valence-electron chi connectivity index (χ3n) is 4.28. The number of rotatable bonds is 4. The van der Waals surface area contributed by atoms with Gasteiger partial charge in [0.25, 0.3) is 0 Å². The number of nitrogens with one attached hydrogen (secondary N) is 1. The molecule has 2 aromatic rings. The van der Waals surface area contributed by atoms with Gasteiger partial charge in [0.1, 0.15) is 11.6 Å². The molecule has 0 bridgehead atoms. The van der Waals surface area contributed by atoms with Gasteiger partial charge in [0, 0.05) is 88.5 Å². The van der Waals surface area contributed by atoms with E-state index in [0.29, 0.717) is 6.54 Å². The molecule has 2 heterocycles. The Labute approximate surface area is 180 Å². The van der Waals surface area contributed by atoms with Crippen molar-refractivity contribution in [1.29, 1.82) is 0 Å². The quantitative estimate of drug-likeness (QED) is 0.602. The van der Waals surface area contributed by atoms with Crippen LogP contribution >= 0.6 is 0 Å². The molecule has 0 atom stereocenters. The largest absolute Gasteiger partial charge is 0.674 e. The summed E-state index contributed by atoms with van der Waals surface area (Å²) in [4.78, 5) is 13.7. The van der Waals surface area contributed by atoms with Crippen molar-refractivity contribution in [2.45, 2.75) is 26.9 Å². The van der Waals surface area contributed by atoms with E-state index >= 15 is 0 Å². The van der Waals surface area contributed by atoms with E-state index in [4.69, 9.17) is 5.73 Å². The number of hydrogen-bond donors (Lipinski definition) is 0. The van der Waals surface area contributed by atoms with Crippen LogP contribution < -0.4 is 4.90 Å². The summed E-state index contributed by atoms with van der Waals surface area (Å²) in [5.41, 5.74) is 10.8. The number of benzene rings is 1. The number of anilines is 1. The molecule has 0 amide bonds. The maximum atomic E-state index is 7.37. The first-order chi connectivity index (χ1) is 11.1. The molecule has 1 saturated heterocycles. The van der Waals surface area contributed by atoms with Crippen molar-refractivity contribution in [2.24, 2.45) is 0 Å². The van der Waals surface area contributed by atoms with Crippen molar-refractivity contribution < 1.29 is 44.1 Å². The molecule has 1 N–H and O–H groups in total. The van der Waals surface area contributed by atoms with Crippen molar-refractivity contribution >= 4 is 5.82 Å². The Morgan fingerprint density at radius 2 is 1.58 bits per heavy atom. The predicted octanol–water partition coefficient (Wildman–Crippen LogP) is 2.97. The number of aryl methyl sites for hydroxylation is 2. The zero-order valence-electron chi connectivity index (χ0n) is 14.5. The van der Waals surface area contributed by atoms with Crippen LogP contribution in [0.1, 0.15) is 22.6 Å². The van der Waals surface area contributed by atoms with Gasteiger partial charge in [-0.3, -0.25) is 4.90 Å². The van der Waals surface area contributed by atoms with Gasteiger partial charge in [-0.25, -0.2) is 9.97 Å². The van der Waals surface area contributed by atoms with Crippen molar-refractivity contribution in [3.8, 4) is 0 Å². The second kappa shape index (κ2) is 9.24. The number of hydrogen-bond acceptors (Lipinski definition) is 4. The molecule has 0 unspecified atom stereocenters. The standard InChI is InChI=1S/C18H24N5.Ac/c1-14-11-18(21-15(2)20-14)23-9-7-22(8-10-23)13-17-5-3-16(12-19)4-6-17;/h3-6,11,19H,7-10,12-13H2,1-2H3;/q-1;. The average Bonchev–Trinajstić information content (AvgIpc) is 2.55. The maximum Gasteiger partial charge on any atom is 0.132 e. The molecule has 5 nitrogen and oxygen atoms in total. The Balaban J connectivity index is 0.00000208. The first kappa shape index (κ1) is 19.8. The molecule has 1 aromatic heterocycles. The SMILES string of the molecule is Cc1cc(N2CCN(Cc3ccc(C[NH-])cc3)CC2)nc(C)n1.[Ac]. The van der Waals surface area contributed by atoms with E-state index in [1.165, 1.54) is 5.56 Å². The summed E-state index contributed by atoms with van der Waals surface area (Å²) in [6.45, 7) is 9.40. The van der Waals surface area contributed by atoms with E-state index in [1.54, 1.807) is 0 Å². The molecule has 3 rings (SSSR count). The van der Waals surface area contributed by atoms with Crippen LogP contribution in [0.4, 0.5) is 5.82 Å². The van der Waals surface area contributed by atoms with E-state index in [9.17, 15) is 0 Å². The molecule has 1 aromatic carbocycles. The molecule has 0 aliphatic carbocycles. The van der Waals surface area contributed by atoms with Crippen LogP contribution in [0, 0.1) is 57.9 Å². The monoisotopic (exact) mass is 537 g/mol. The van der Waals surface area contributed by atoms with Gasteiger partial charge < -0.3 is 10.6 Å². The Kier molecular flexibility index (Phi) is 7.62. The van der Waals surface area contributed by atoms with Gasteiger partial charge in [-0.15, -0.1) is 6.54 Å². The van der Waals surface area contributed by atoms with Gasteiger partial charge in [-0.1, -0.05) is 29.8 Å². The van der Waals surface area contributed by atoms with Crippen LogP contribution in [0.25, 0.3) is 5.73 Å². The topological polar surface area (TPSA) is 56.1 Å². The fourth-order valence-electron chi connectivity index (χ4n) is 3.02. The van der Waals surface area contributed by atoms with Gasteiger partial charge in [0.15, 0.2) is 0 Å². The first-order valence-electron chi connectivity index (χ1n) is 8.16. The van der Waals surface area contributed by atoms with Crippen LogP contribution in [0.15, 0.2) is 30.3 Å². The third kappa shape index (κ3) is 5.23. The second-order valence-corrected chi connectivity index (χ2v) is 6.17. The summed E-state index contributed by atoms with van der Waals surface area (Å²) in [5, 5.41) is 0. The Morgan fingerprint density at radius 3 is 2.17 bits per heavy atom. The summed E-state index contributed by atoms with van der Waals surface area (Å²) in [6, 6.07) is 10.5. The van der Waals surface area contributed by atoms with Crippen molar-refractivity contribution in [1.82, 2.24) is 14.9 Å². The van der Waals surface area contributed by atoms with Crippen LogP contribution in [-0.2, 0) is 13.1 Å². The van der Waals surface area contributed by atoms with E-state index < -0.39 is 0 Å². The minimum absolute atomic E-state index is 0. The van der Waals surface area contributed by atoms with E-state index in [2.05, 4.69) is 50.1 Å². The van der Waals surface area contributed by atoms with E-state index in [-0.39, 0.29) is 44.1 Å². The normalized spacial score (nSPS) is 15.2. The molecule has 0 spiro atoms. The summed E-state index contributed by atoms with van der Waals surface area (Å²) in [5.74, 6) is 1.89. The molecule has 6 heteroatoms. The number of nitrogens with zero attached hydrogens (tertiary/aromatic N) is 4. The molecular formula is C18H24AcN5-. The first-order valence-corrected chi connectivity index (χ1v) is 8.16. The third-order valence-corrected chi connectivity index (χ3v) is 4.28. The summed E-state index contributed by atoms with van der Waals surface area (Å²) in [6.07, 6.45) is 0. The van der Waals surface area contributed by atoms with Crippen LogP contribution in [0.2, 0.25) is 0 Å². The number of piperazine rings is 1. The molecule has 0 saturated carbocycles. The molecule has 24 heavy (non-hydrogen) atoms. The maximum absolute atomic E-state index is 7.37. The zero-order chi connectivity index (χ0) is 16.2. The zero-order valence-corrected chi connectivity index (χ0v) is 19.2. The van der Waals surface area contributed by atoms with Crippen molar-refractivity contribution in [2.75, 3.05) is 31.1 Å².